The van der Waals surface area contributed by atoms with Gasteiger partial charge in [0.2, 0.25) is 5.91 Å². The Morgan fingerprint density at radius 1 is 1.15 bits per heavy atom. The van der Waals surface area contributed by atoms with Crippen LogP contribution in [0.2, 0.25) is 0 Å². The smallest absolute Gasteiger partial charge is 0.238 e. The number of hydrogen-bond acceptors (Lipinski definition) is 3. The molecule has 7 heteroatoms. The number of nitrogens with zero attached hydrogens (tertiary/aromatic N) is 3. The van der Waals surface area contributed by atoms with Gasteiger partial charge in [-0.25, -0.2) is 9.98 Å². The predicted molar refractivity (Wildman–Crippen MR) is 139 cm³/mol. The van der Waals surface area contributed by atoms with E-state index in [0.29, 0.717) is 12.4 Å². The largest absolute Gasteiger partial charge is 0.497 e. The first-order chi connectivity index (χ1) is 16.6. The highest BCUT2D eigenvalue weighted by atomic mass is 79.9. The van der Waals surface area contributed by atoms with E-state index in [9.17, 15) is 4.79 Å². The second-order valence-electron chi connectivity index (χ2n) is 8.58. The fourth-order valence-corrected chi connectivity index (χ4v) is 5.46. The van der Waals surface area contributed by atoms with Crippen molar-refractivity contribution in [2.45, 2.75) is 31.2 Å². The van der Waals surface area contributed by atoms with Gasteiger partial charge in [0.05, 0.1) is 36.8 Å². The van der Waals surface area contributed by atoms with Crippen LogP contribution in [0.3, 0.4) is 0 Å². The number of carbonyl (C=O) groups is 1. The minimum atomic E-state index is -0.482. The molecule has 1 aliphatic carbocycles. The zero-order chi connectivity index (χ0) is 23.7. The van der Waals surface area contributed by atoms with E-state index in [1.165, 1.54) is 6.34 Å². The van der Waals surface area contributed by atoms with Crippen molar-refractivity contribution in [2.75, 3.05) is 12.0 Å². The molecular formula is C27H25BrN4O2. The first kappa shape index (κ1) is 22.3. The van der Waals surface area contributed by atoms with Gasteiger partial charge in [-0.05, 0) is 76.3 Å². The third kappa shape index (κ3) is 3.80. The van der Waals surface area contributed by atoms with Crippen LogP contribution in [-0.4, -0.2) is 25.2 Å². The summed E-state index contributed by atoms with van der Waals surface area (Å²) in [4.78, 5) is 24.7. The Hall–Kier alpha value is -3.45. The van der Waals surface area contributed by atoms with Crippen molar-refractivity contribution in [3.05, 3.63) is 87.9 Å². The molecule has 3 aromatic carbocycles. The van der Waals surface area contributed by atoms with Gasteiger partial charge < -0.3 is 15.4 Å². The lowest BCUT2D eigenvalue weighted by molar-refractivity contribution is -0.126. The average Bonchev–Trinajstić information content (AvgIpc) is 3.08. The van der Waals surface area contributed by atoms with Crippen molar-refractivity contribution < 1.29 is 9.53 Å². The fourth-order valence-electron chi connectivity index (χ4n) is 4.78. The molecule has 0 bridgehead atoms. The number of benzene rings is 3. The molecule has 1 spiro atoms. The normalized spacial score (nSPS) is 16.7. The molecule has 3 aromatic rings. The number of anilines is 1. The number of rotatable bonds is 5. The van der Waals surface area contributed by atoms with Gasteiger partial charge in [-0.2, -0.15) is 0 Å². The summed E-state index contributed by atoms with van der Waals surface area (Å²) in [7, 11) is 1.65. The zero-order valence-corrected chi connectivity index (χ0v) is 20.5. The second-order valence-corrected chi connectivity index (χ2v) is 9.43. The van der Waals surface area contributed by atoms with E-state index in [2.05, 4.69) is 27.0 Å². The van der Waals surface area contributed by atoms with Gasteiger partial charge in [0.25, 0.3) is 0 Å². The summed E-state index contributed by atoms with van der Waals surface area (Å²) in [5.41, 5.74) is 9.80. The van der Waals surface area contributed by atoms with Gasteiger partial charge >= 0.3 is 0 Å². The number of amides is 1. The Kier molecular flexibility index (Phi) is 5.96. The van der Waals surface area contributed by atoms with Crippen LogP contribution in [0.4, 0.5) is 11.4 Å². The Morgan fingerprint density at radius 2 is 1.88 bits per heavy atom. The first-order valence-corrected chi connectivity index (χ1v) is 12.0. The standard InChI is InChI=1S/C27H25BrN4O2/c1-34-21-10-8-18(9-11-21)16-32-24-22(27(26(32)33)12-5-13-27)14-19(15-23(24)28)25(30-17-29)31-20-6-3-2-4-7-20/h2-4,6-11,14-15,17H,5,12-13,16H2,1H3,(H2,29,30,31). The van der Waals surface area contributed by atoms with Crippen molar-refractivity contribution in [3.63, 3.8) is 0 Å². The van der Waals surface area contributed by atoms with E-state index in [1.54, 1.807) is 7.11 Å². The molecule has 1 saturated carbocycles. The number of aliphatic imine (C=N–C) groups is 2. The van der Waals surface area contributed by atoms with Crippen LogP contribution in [-0.2, 0) is 16.8 Å². The number of nitrogens with two attached hydrogens (primary N) is 1. The summed E-state index contributed by atoms with van der Waals surface area (Å²) in [6.45, 7) is 0.501. The maximum absolute atomic E-state index is 13.7. The summed E-state index contributed by atoms with van der Waals surface area (Å²) in [6.07, 6.45) is 3.98. The zero-order valence-electron chi connectivity index (χ0n) is 18.9. The third-order valence-electron chi connectivity index (χ3n) is 6.66. The highest BCUT2D eigenvalue weighted by molar-refractivity contribution is 9.10. The monoisotopic (exact) mass is 516 g/mol. The molecular weight excluding hydrogens is 492 g/mol. The Morgan fingerprint density at radius 3 is 2.50 bits per heavy atom. The van der Waals surface area contributed by atoms with Crippen LogP contribution in [0.15, 0.2) is 81.2 Å². The van der Waals surface area contributed by atoms with E-state index in [-0.39, 0.29) is 5.91 Å². The number of amidine groups is 1. The Bertz CT molecular complexity index is 1280. The number of para-hydroxylation sites is 1. The lowest BCUT2D eigenvalue weighted by Gasteiger charge is -2.37. The van der Waals surface area contributed by atoms with Crippen LogP contribution in [0.1, 0.15) is 36.0 Å². The fraction of sp³-hybridized carbons (Fsp3) is 0.222. The maximum atomic E-state index is 13.7. The molecule has 5 rings (SSSR count). The maximum Gasteiger partial charge on any atom is 0.238 e. The van der Waals surface area contributed by atoms with Gasteiger partial charge in [-0.3, -0.25) is 4.79 Å². The summed E-state index contributed by atoms with van der Waals surface area (Å²) >= 11 is 3.76. The molecule has 1 heterocycles. The SMILES string of the molecule is COc1ccc(CN2C(=O)C3(CCC3)c3cc(C(N=CN)=Nc4ccccc4)cc(Br)c32)cc1. The molecule has 1 fully saturated rings. The molecule has 172 valence electrons. The number of halogens is 1. The summed E-state index contributed by atoms with van der Waals surface area (Å²) in [6, 6.07) is 21.5. The molecule has 1 aliphatic heterocycles. The molecule has 0 aromatic heterocycles. The van der Waals surface area contributed by atoms with Crippen molar-refractivity contribution in [3.8, 4) is 5.75 Å². The Labute approximate surface area is 207 Å². The average molecular weight is 517 g/mol. The van der Waals surface area contributed by atoms with Gasteiger partial charge in [0, 0.05) is 10.0 Å². The van der Waals surface area contributed by atoms with Gasteiger partial charge in [-0.15, -0.1) is 0 Å². The lowest BCUT2D eigenvalue weighted by atomic mass is 9.65. The van der Waals surface area contributed by atoms with E-state index in [4.69, 9.17) is 15.5 Å². The number of methoxy groups -OCH3 is 1. The molecule has 0 unspecified atom stereocenters. The van der Waals surface area contributed by atoms with Crippen molar-refractivity contribution in [1.82, 2.24) is 0 Å². The quantitative estimate of drug-likeness (QED) is 0.359. The van der Waals surface area contributed by atoms with Crippen LogP contribution < -0.4 is 15.4 Å². The van der Waals surface area contributed by atoms with E-state index in [0.717, 1.165) is 57.5 Å². The summed E-state index contributed by atoms with van der Waals surface area (Å²) in [5.74, 6) is 1.46. The molecule has 0 radical (unpaired) electrons. The van der Waals surface area contributed by atoms with Crippen molar-refractivity contribution in [1.29, 1.82) is 0 Å². The predicted octanol–water partition coefficient (Wildman–Crippen LogP) is 5.49. The van der Waals surface area contributed by atoms with Crippen LogP contribution in [0.5, 0.6) is 5.75 Å². The number of ether oxygens (including phenoxy) is 1. The molecule has 34 heavy (non-hydrogen) atoms. The molecule has 2 aliphatic rings. The highest BCUT2D eigenvalue weighted by Crippen LogP contribution is 2.56. The topological polar surface area (TPSA) is 80.3 Å². The number of fused-ring (bicyclic) bond motifs is 2. The molecule has 0 saturated heterocycles. The molecule has 6 nitrogen and oxygen atoms in total. The lowest BCUT2D eigenvalue weighted by Crippen LogP contribution is -2.44. The third-order valence-corrected chi connectivity index (χ3v) is 7.26. The van der Waals surface area contributed by atoms with Crippen LogP contribution >= 0.6 is 15.9 Å². The first-order valence-electron chi connectivity index (χ1n) is 11.2. The number of hydrogen-bond donors (Lipinski definition) is 1. The summed E-state index contributed by atoms with van der Waals surface area (Å²) in [5, 5.41) is 0. The van der Waals surface area contributed by atoms with Gasteiger partial charge in [0.1, 0.15) is 5.75 Å². The Balaban J connectivity index is 1.58. The molecule has 0 atom stereocenters. The minimum absolute atomic E-state index is 0.159. The van der Waals surface area contributed by atoms with Crippen molar-refractivity contribution >= 4 is 45.4 Å². The second kappa shape index (κ2) is 9.06. The van der Waals surface area contributed by atoms with E-state index >= 15 is 0 Å². The minimum Gasteiger partial charge on any atom is -0.497 e. The molecule has 2 N–H and O–H groups in total. The summed E-state index contributed by atoms with van der Waals surface area (Å²) < 4.78 is 6.12. The van der Waals surface area contributed by atoms with Gasteiger partial charge in [0.15, 0.2) is 5.84 Å². The van der Waals surface area contributed by atoms with E-state index < -0.39 is 5.41 Å². The van der Waals surface area contributed by atoms with Crippen molar-refractivity contribution in [2.24, 2.45) is 15.7 Å². The van der Waals surface area contributed by atoms with Crippen LogP contribution in [0.25, 0.3) is 0 Å². The highest BCUT2D eigenvalue weighted by Gasteiger charge is 2.55. The number of carbonyl (C=O) groups excluding carboxylic acids is 1. The molecule has 1 amide bonds. The van der Waals surface area contributed by atoms with E-state index in [1.807, 2.05) is 65.6 Å². The van der Waals surface area contributed by atoms with Crippen LogP contribution in [0, 0.1) is 0 Å². The van der Waals surface area contributed by atoms with Gasteiger partial charge in [-0.1, -0.05) is 36.8 Å².